The fourth-order valence-electron chi connectivity index (χ4n) is 8.31. The Morgan fingerprint density at radius 2 is 0.883 bits per heavy atom. The Balaban J connectivity index is 0.000000276. The molecule has 22 heteroatoms. The van der Waals surface area contributed by atoms with Crippen molar-refractivity contribution in [1.82, 2.24) is 19.6 Å². The first-order valence-electron chi connectivity index (χ1n) is 24.9. The third-order valence-corrected chi connectivity index (χ3v) is 12.3. The molecule has 0 aliphatic carbocycles. The lowest BCUT2D eigenvalue weighted by molar-refractivity contribution is -0.155. The Morgan fingerprint density at radius 1 is 0.519 bits per heavy atom. The molecule has 2 fully saturated rings. The van der Waals surface area contributed by atoms with Crippen molar-refractivity contribution >= 4 is 29.4 Å². The molecule has 12 nitrogen and oxygen atoms in total. The van der Waals surface area contributed by atoms with E-state index in [0.29, 0.717) is 26.2 Å². The van der Waals surface area contributed by atoms with E-state index in [9.17, 15) is 58.7 Å². The normalized spacial score (nSPS) is 15.2. The molecule has 0 bridgehead atoms. The lowest BCUT2D eigenvalue weighted by Crippen LogP contribution is -2.45. The number of rotatable bonds is 14. The van der Waals surface area contributed by atoms with Gasteiger partial charge in [-0.2, -0.15) is 26.3 Å². The van der Waals surface area contributed by atoms with Crippen molar-refractivity contribution in [3.05, 3.63) is 134 Å². The van der Waals surface area contributed by atoms with Gasteiger partial charge in [0.1, 0.15) is 28.7 Å². The second-order valence-electron chi connectivity index (χ2n) is 20.5. The van der Waals surface area contributed by atoms with Crippen molar-refractivity contribution < 1.29 is 77.7 Å². The summed E-state index contributed by atoms with van der Waals surface area (Å²) in [5, 5.41) is 8.86. The molecule has 2 aliphatic rings. The van der Waals surface area contributed by atoms with Gasteiger partial charge < -0.3 is 30.1 Å². The number of ketones is 1. The lowest BCUT2D eigenvalue weighted by atomic mass is 9.96. The highest BCUT2D eigenvalue weighted by Gasteiger charge is 2.36. The molecule has 6 rings (SSSR count). The Bertz CT molecular complexity index is 2690. The topological polar surface area (TPSA) is 146 Å². The van der Waals surface area contributed by atoms with Gasteiger partial charge in [0, 0.05) is 88.6 Å². The molecular weight excluding hydrogens is 1030 g/mol. The molecule has 0 radical (unpaired) electrons. The van der Waals surface area contributed by atoms with Crippen molar-refractivity contribution in [2.75, 3.05) is 71.2 Å². The van der Waals surface area contributed by atoms with Crippen LogP contribution in [0.4, 0.5) is 49.6 Å². The number of nitrogen functional groups attached to an aromatic ring is 1. The summed E-state index contributed by atoms with van der Waals surface area (Å²) in [6, 6.07) is 10.7. The molecule has 2 heterocycles. The van der Waals surface area contributed by atoms with Crippen LogP contribution in [-0.4, -0.2) is 125 Å². The van der Waals surface area contributed by atoms with Crippen LogP contribution in [0.3, 0.4) is 0 Å². The van der Waals surface area contributed by atoms with Crippen LogP contribution in [0.25, 0.3) is 0 Å². The molecule has 3 N–H and O–H groups in total. The molecule has 0 unspecified atom stereocenters. The van der Waals surface area contributed by atoms with Crippen LogP contribution >= 0.6 is 0 Å². The van der Waals surface area contributed by atoms with E-state index in [1.165, 1.54) is 24.3 Å². The van der Waals surface area contributed by atoms with Crippen LogP contribution in [0.1, 0.15) is 115 Å². The maximum Gasteiger partial charge on any atom is 0.416 e. The number of aromatic carboxylic acids is 1. The van der Waals surface area contributed by atoms with E-state index in [1.54, 1.807) is 41.5 Å². The Morgan fingerprint density at radius 3 is 1.27 bits per heavy atom. The molecule has 0 saturated carbocycles. The second kappa shape index (κ2) is 27.0. The molecule has 0 atom stereocenters. The number of anilines is 1. The number of ether oxygens (including phenoxy) is 2. The first-order valence-corrected chi connectivity index (χ1v) is 24.9. The first-order chi connectivity index (χ1) is 35.7. The summed E-state index contributed by atoms with van der Waals surface area (Å²) < 4.78 is 147. The third-order valence-electron chi connectivity index (χ3n) is 12.3. The monoisotopic (exact) mass is 1100 g/mol. The highest BCUT2D eigenvalue weighted by molar-refractivity contribution is 5.98. The predicted octanol–water partition coefficient (Wildman–Crippen LogP) is 10.4. The lowest BCUT2D eigenvalue weighted by Gasteiger charge is -2.34. The van der Waals surface area contributed by atoms with Gasteiger partial charge in [0.2, 0.25) is 0 Å². The van der Waals surface area contributed by atoms with E-state index in [1.807, 2.05) is 16.7 Å². The van der Waals surface area contributed by atoms with Gasteiger partial charge in [0.15, 0.2) is 11.6 Å². The molecule has 4 aromatic carbocycles. The van der Waals surface area contributed by atoms with Crippen LogP contribution in [0, 0.1) is 23.3 Å². The number of carboxylic acids is 1. The molecule has 77 heavy (non-hydrogen) atoms. The zero-order chi connectivity index (χ0) is 57.8. The number of hydrogen-bond acceptors (Lipinski definition) is 11. The highest BCUT2D eigenvalue weighted by Crippen LogP contribution is 2.35. The Hall–Kier alpha value is -6.10. The van der Waals surface area contributed by atoms with Gasteiger partial charge >= 0.3 is 30.3 Å². The maximum absolute atomic E-state index is 15.1. The third kappa shape index (κ3) is 19.7. The van der Waals surface area contributed by atoms with Gasteiger partial charge in [0.25, 0.3) is 0 Å². The summed E-state index contributed by atoms with van der Waals surface area (Å²) >= 11 is 0. The zero-order valence-electron chi connectivity index (χ0n) is 44.4. The van der Waals surface area contributed by atoms with E-state index < -0.39 is 106 Å². The average Bonchev–Trinajstić information content (AvgIpc) is 3.33. The standard InChI is InChI=1S/C28H33F5N2O3.C15H19F3N2O2.C12H15F2NO2/c1-5-34-10-12-35(13-11-34)17-20-7-6-18(14-22(20)28(31,32)33)24(36)15-19-8-9-23(29)21(26(19)30)16-25(37)38-27(2,3)4;1-2-19-5-7-20(8-6-19)10-12-4-3-11(14(21)22)9-13(12)15(16,17)18;1-12(2,3)17-10(16)6-7-8(13)4-5-9(15)11(7)14/h6-9,14H,5,10-13,15-17H2,1-4H3;3-4,9H,2,5-8,10H2,1H3,(H,21,22);4-5H,6,15H2,1-3H3. The smallest absolute Gasteiger partial charge is 0.416 e. The highest BCUT2D eigenvalue weighted by atomic mass is 19.4. The van der Waals surface area contributed by atoms with Crippen molar-refractivity contribution in [3.63, 3.8) is 0 Å². The van der Waals surface area contributed by atoms with Crippen molar-refractivity contribution in [3.8, 4) is 0 Å². The van der Waals surface area contributed by atoms with Crippen molar-refractivity contribution in [2.24, 2.45) is 0 Å². The fourth-order valence-corrected chi connectivity index (χ4v) is 8.31. The average molecular weight is 1100 g/mol. The Labute approximate surface area is 442 Å². The number of nitrogens with zero attached hydrogens (tertiary/aromatic N) is 4. The van der Waals surface area contributed by atoms with E-state index >= 15 is 4.39 Å². The summed E-state index contributed by atoms with van der Waals surface area (Å²) in [6.45, 7) is 22.0. The van der Waals surface area contributed by atoms with Gasteiger partial charge in [-0.1, -0.05) is 38.1 Å². The maximum atomic E-state index is 15.1. The summed E-state index contributed by atoms with van der Waals surface area (Å²) in [5.41, 5.74) is 0.276. The molecule has 0 spiro atoms. The molecule has 0 aromatic heterocycles. The summed E-state index contributed by atoms with van der Waals surface area (Å²) in [5.74, 6) is -7.43. The van der Waals surface area contributed by atoms with Crippen molar-refractivity contribution in [1.29, 1.82) is 0 Å². The van der Waals surface area contributed by atoms with Gasteiger partial charge in [0.05, 0.1) is 35.2 Å². The number of esters is 2. The minimum atomic E-state index is -4.68. The number of likely N-dealkylation sites (N-methyl/N-ethyl adjacent to an activating group) is 2. The summed E-state index contributed by atoms with van der Waals surface area (Å²) in [7, 11) is 0. The number of alkyl halides is 6. The first kappa shape index (κ1) is 63.4. The number of nitrogens with two attached hydrogens (primary N) is 1. The number of carbonyl (C=O) groups is 4. The van der Waals surface area contributed by atoms with Crippen LogP contribution in [-0.2, 0) is 63.8 Å². The number of benzene rings is 4. The predicted molar refractivity (Wildman–Crippen MR) is 269 cm³/mol. The number of halogens is 10. The van der Waals surface area contributed by atoms with Crippen LogP contribution in [0.2, 0.25) is 0 Å². The number of carbonyl (C=O) groups excluding carboxylic acids is 3. The quantitative estimate of drug-likeness (QED) is 0.0536. The summed E-state index contributed by atoms with van der Waals surface area (Å²) in [4.78, 5) is 55.7. The molecule has 4 aromatic rings. The molecule has 424 valence electrons. The van der Waals surface area contributed by atoms with Crippen LogP contribution in [0.5, 0.6) is 0 Å². The van der Waals surface area contributed by atoms with E-state index in [2.05, 4.69) is 16.7 Å². The molecule has 0 amide bonds. The van der Waals surface area contributed by atoms with E-state index in [0.717, 1.165) is 75.7 Å². The minimum absolute atomic E-state index is 0.0617. The fraction of sp³-hybridized carbons (Fsp3) is 0.491. The van der Waals surface area contributed by atoms with E-state index in [-0.39, 0.29) is 52.2 Å². The van der Waals surface area contributed by atoms with Gasteiger partial charge in [-0.25, -0.2) is 22.4 Å². The number of hydrogen-bond donors (Lipinski definition) is 2. The van der Waals surface area contributed by atoms with E-state index in [4.69, 9.17) is 20.3 Å². The Kier molecular flexibility index (Phi) is 22.2. The SMILES string of the molecule is CC(C)(C)OC(=O)Cc1c(F)ccc(N)c1F.CCN1CCN(Cc2ccc(C(=O)Cc3ccc(F)c(CC(=O)OC(C)(C)C)c3F)cc2C(F)(F)F)CC1.CCN1CCN(Cc2ccc(C(=O)O)cc2C(F)(F)F)CC1. The molecule has 2 saturated heterocycles. The van der Waals surface area contributed by atoms with Crippen LogP contribution < -0.4 is 5.73 Å². The number of Topliss-reactive ketones (excluding diaryl/α,β-unsaturated/α-hetero) is 1. The van der Waals surface area contributed by atoms with Gasteiger partial charge in [-0.05, 0) is 108 Å². The van der Waals surface area contributed by atoms with Crippen molar-refractivity contribution in [2.45, 2.75) is 111 Å². The second-order valence-corrected chi connectivity index (χ2v) is 20.5. The zero-order valence-corrected chi connectivity index (χ0v) is 44.4. The summed E-state index contributed by atoms with van der Waals surface area (Å²) in [6.07, 6.45) is -11.0. The van der Waals surface area contributed by atoms with Gasteiger partial charge in [-0.3, -0.25) is 24.2 Å². The number of piperazine rings is 2. The molecule has 2 aliphatic heterocycles. The minimum Gasteiger partial charge on any atom is -0.478 e. The van der Waals surface area contributed by atoms with Crippen LogP contribution in [0.15, 0.2) is 60.7 Å². The number of carboxylic acid groups (broad SMARTS) is 1. The van der Waals surface area contributed by atoms with Gasteiger partial charge in [-0.15, -0.1) is 0 Å². The molecular formula is C55H67F10N5O7. The largest absolute Gasteiger partial charge is 0.478 e.